The average molecular weight is 422 g/mol. The lowest BCUT2D eigenvalue weighted by molar-refractivity contribution is 0.521. The number of aryl methyl sites for hydroxylation is 1. The van der Waals surface area contributed by atoms with Crippen LogP contribution in [0.5, 0.6) is 0 Å². The number of aromatic nitrogens is 3. The zero-order chi connectivity index (χ0) is 20.6. The molecule has 4 rings (SSSR count). The van der Waals surface area contributed by atoms with Crippen LogP contribution in [-0.2, 0) is 23.0 Å². The van der Waals surface area contributed by atoms with Crippen LogP contribution >= 0.6 is 0 Å². The maximum atomic E-state index is 14.5. The normalized spacial score (nSPS) is 14.3. The van der Waals surface area contributed by atoms with Crippen LogP contribution in [0.1, 0.15) is 25.1 Å². The lowest BCUT2D eigenvalue weighted by Crippen LogP contribution is -2.16. The molecular formula is C19H17F3N4O2S. The SMILES string of the molecule is O=S(=O)(Nc1ccc(F)c(-c2nnc3n2CCCCC3)c1)c1c(F)cccc1F. The molecule has 0 fully saturated rings. The molecule has 3 aromatic rings. The quantitative estimate of drug-likeness (QED) is 0.692. The Labute approximate surface area is 165 Å². The van der Waals surface area contributed by atoms with E-state index in [1.165, 1.54) is 12.1 Å². The molecule has 1 N–H and O–H groups in total. The molecule has 1 aliphatic rings. The largest absolute Gasteiger partial charge is 0.311 e. The smallest absolute Gasteiger partial charge is 0.267 e. The topological polar surface area (TPSA) is 76.9 Å². The predicted molar refractivity (Wildman–Crippen MR) is 100 cm³/mol. The summed E-state index contributed by atoms with van der Waals surface area (Å²) in [6.07, 6.45) is 3.63. The molecule has 0 unspecified atom stereocenters. The molecule has 2 heterocycles. The Balaban J connectivity index is 1.72. The molecule has 0 saturated carbocycles. The van der Waals surface area contributed by atoms with Crippen LogP contribution < -0.4 is 4.72 Å². The summed E-state index contributed by atoms with van der Waals surface area (Å²) in [5, 5.41) is 8.19. The standard InChI is InChI=1S/C19H17F3N4O2S/c20-14-9-8-12(25-29(27,28)18-15(21)5-4-6-16(18)22)11-13(14)19-24-23-17-7-2-1-3-10-26(17)19/h4-6,8-9,11,25H,1-3,7,10H2. The van der Waals surface area contributed by atoms with Crippen molar-refractivity contribution in [2.75, 3.05) is 4.72 Å². The second kappa shape index (κ2) is 7.51. The summed E-state index contributed by atoms with van der Waals surface area (Å²) in [6.45, 7) is 0.632. The number of anilines is 1. The van der Waals surface area contributed by atoms with Crippen molar-refractivity contribution in [2.24, 2.45) is 0 Å². The van der Waals surface area contributed by atoms with Crippen molar-refractivity contribution in [3.63, 3.8) is 0 Å². The highest BCUT2D eigenvalue weighted by Crippen LogP contribution is 2.29. The minimum atomic E-state index is -4.56. The number of hydrogen-bond acceptors (Lipinski definition) is 4. The first-order valence-corrected chi connectivity index (χ1v) is 10.5. The van der Waals surface area contributed by atoms with E-state index in [0.717, 1.165) is 55.8 Å². The summed E-state index contributed by atoms with van der Waals surface area (Å²) in [5.41, 5.74) is 0.00915. The summed E-state index contributed by atoms with van der Waals surface area (Å²) >= 11 is 0. The van der Waals surface area contributed by atoms with Crippen molar-refractivity contribution in [1.29, 1.82) is 0 Å². The fraction of sp³-hybridized carbons (Fsp3) is 0.263. The molecule has 1 aromatic heterocycles. The van der Waals surface area contributed by atoms with Crippen LogP contribution in [-0.4, -0.2) is 23.2 Å². The van der Waals surface area contributed by atoms with Crippen LogP contribution in [0, 0.1) is 17.5 Å². The monoisotopic (exact) mass is 422 g/mol. The highest BCUT2D eigenvalue weighted by Gasteiger charge is 2.25. The third kappa shape index (κ3) is 3.71. The molecule has 0 aliphatic carbocycles. The first-order valence-electron chi connectivity index (χ1n) is 9.05. The zero-order valence-electron chi connectivity index (χ0n) is 15.2. The molecule has 0 radical (unpaired) electrons. The average Bonchev–Trinajstić information content (AvgIpc) is 2.90. The Hall–Kier alpha value is -2.88. The summed E-state index contributed by atoms with van der Waals surface area (Å²) in [6, 6.07) is 6.25. The Morgan fingerprint density at radius 1 is 0.931 bits per heavy atom. The Bertz CT molecular complexity index is 1160. The minimum Gasteiger partial charge on any atom is -0.311 e. The van der Waals surface area contributed by atoms with Crippen molar-refractivity contribution in [1.82, 2.24) is 14.8 Å². The highest BCUT2D eigenvalue weighted by atomic mass is 32.2. The lowest BCUT2D eigenvalue weighted by Gasteiger charge is -2.12. The van der Waals surface area contributed by atoms with Crippen LogP contribution in [0.15, 0.2) is 41.3 Å². The van der Waals surface area contributed by atoms with Crippen LogP contribution in [0.3, 0.4) is 0 Å². The van der Waals surface area contributed by atoms with E-state index in [2.05, 4.69) is 14.9 Å². The van der Waals surface area contributed by atoms with Gasteiger partial charge in [0.05, 0.1) is 5.56 Å². The molecule has 0 saturated heterocycles. The Kier molecular flexibility index (Phi) is 5.03. The van der Waals surface area contributed by atoms with Gasteiger partial charge in [-0.05, 0) is 43.2 Å². The van der Waals surface area contributed by atoms with E-state index >= 15 is 0 Å². The van der Waals surface area contributed by atoms with Crippen LogP contribution in [0.4, 0.5) is 18.9 Å². The van der Waals surface area contributed by atoms with E-state index in [0.29, 0.717) is 6.54 Å². The first kappa shape index (κ1) is 19.4. The number of rotatable bonds is 4. The van der Waals surface area contributed by atoms with Gasteiger partial charge in [-0.25, -0.2) is 21.6 Å². The van der Waals surface area contributed by atoms with Crippen molar-refractivity contribution in [2.45, 2.75) is 37.1 Å². The minimum absolute atomic E-state index is 0.0463. The molecule has 10 heteroatoms. The number of nitrogens with zero attached hydrogens (tertiary/aromatic N) is 3. The fourth-order valence-electron chi connectivity index (χ4n) is 3.39. The van der Waals surface area contributed by atoms with Gasteiger partial charge in [0.2, 0.25) is 0 Å². The zero-order valence-corrected chi connectivity index (χ0v) is 16.0. The number of halogens is 3. The molecule has 0 atom stereocenters. The summed E-state index contributed by atoms with van der Waals surface area (Å²) in [4.78, 5) is -1.10. The fourth-order valence-corrected chi connectivity index (χ4v) is 4.58. The summed E-state index contributed by atoms with van der Waals surface area (Å²) in [5.74, 6) is -2.01. The summed E-state index contributed by atoms with van der Waals surface area (Å²) < 4.78 is 71.2. The molecule has 29 heavy (non-hydrogen) atoms. The van der Waals surface area contributed by atoms with Crippen LogP contribution in [0.2, 0.25) is 0 Å². The number of hydrogen-bond donors (Lipinski definition) is 1. The first-order chi connectivity index (χ1) is 13.9. The van der Waals surface area contributed by atoms with Crippen molar-refractivity contribution in [3.05, 3.63) is 59.7 Å². The molecule has 152 valence electrons. The molecule has 2 aromatic carbocycles. The van der Waals surface area contributed by atoms with Gasteiger partial charge in [0.15, 0.2) is 10.7 Å². The lowest BCUT2D eigenvalue weighted by atomic mass is 10.1. The maximum Gasteiger partial charge on any atom is 0.267 e. The highest BCUT2D eigenvalue weighted by molar-refractivity contribution is 7.92. The van der Waals surface area contributed by atoms with E-state index in [4.69, 9.17) is 0 Å². The van der Waals surface area contributed by atoms with E-state index < -0.39 is 32.4 Å². The van der Waals surface area contributed by atoms with Gasteiger partial charge in [-0.15, -0.1) is 10.2 Å². The number of benzene rings is 2. The second-order valence-corrected chi connectivity index (χ2v) is 8.37. The van der Waals surface area contributed by atoms with E-state index in [-0.39, 0.29) is 17.1 Å². The third-order valence-electron chi connectivity index (χ3n) is 4.76. The second-order valence-electron chi connectivity index (χ2n) is 6.75. The molecule has 6 nitrogen and oxygen atoms in total. The summed E-state index contributed by atoms with van der Waals surface area (Å²) in [7, 11) is -4.56. The number of sulfonamides is 1. The van der Waals surface area contributed by atoms with Gasteiger partial charge in [-0.1, -0.05) is 12.5 Å². The van der Waals surface area contributed by atoms with Crippen molar-refractivity contribution < 1.29 is 21.6 Å². The number of fused-ring (bicyclic) bond motifs is 1. The van der Waals surface area contributed by atoms with Crippen LogP contribution in [0.25, 0.3) is 11.4 Å². The van der Waals surface area contributed by atoms with E-state index in [9.17, 15) is 21.6 Å². The van der Waals surface area contributed by atoms with E-state index in [1.54, 1.807) is 0 Å². The Morgan fingerprint density at radius 2 is 1.69 bits per heavy atom. The van der Waals surface area contributed by atoms with Gasteiger partial charge in [0.1, 0.15) is 23.3 Å². The predicted octanol–water partition coefficient (Wildman–Crippen LogP) is 3.89. The van der Waals surface area contributed by atoms with Gasteiger partial charge in [0.25, 0.3) is 10.0 Å². The van der Waals surface area contributed by atoms with Gasteiger partial charge in [-0.3, -0.25) is 4.72 Å². The molecule has 0 bridgehead atoms. The van der Waals surface area contributed by atoms with Crippen molar-refractivity contribution >= 4 is 15.7 Å². The van der Waals surface area contributed by atoms with Gasteiger partial charge in [0, 0.05) is 18.7 Å². The molecule has 0 spiro atoms. The Morgan fingerprint density at radius 3 is 2.45 bits per heavy atom. The van der Waals surface area contributed by atoms with Gasteiger partial charge < -0.3 is 4.57 Å². The van der Waals surface area contributed by atoms with Gasteiger partial charge >= 0.3 is 0 Å². The van der Waals surface area contributed by atoms with E-state index in [1.807, 2.05) is 4.57 Å². The maximum absolute atomic E-state index is 14.5. The molecule has 1 aliphatic heterocycles. The molecule has 0 amide bonds. The third-order valence-corrected chi connectivity index (χ3v) is 6.19. The number of nitrogens with one attached hydrogen (secondary N) is 1. The molecular weight excluding hydrogens is 405 g/mol. The van der Waals surface area contributed by atoms with Gasteiger partial charge in [-0.2, -0.15) is 0 Å². The van der Waals surface area contributed by atoms with Crippen molar-refractivity contribution in [3.8, 4) is 11.4 Å².